The van der Waals surface area contributed by atoms with Crippen LogP contribution in [-0.2, 0) is 4.79 Å². The smallest absolute Gasteiger partial charge is 0.254 e. The van der Waals surface area contributed by atoms with Crippen LogP contribution < -0.4 is 10.6 Å². The number of terminal acetylenes is 1. The molecule has 2 rings (SSSR count). The van der Waals surface area contributed by atoms with Gasteiger partial charge in [-0.1, -0.05) is 48.4 Å². The van der Waals surface area contributed by atoms with E-state index in [0.29, 0.717) is 11.3 Å². The summed E-state index contributed by atoms with van der Waals surface area (Å²) in [7, 11) is 0. The van der Waals surface area contributed by atoms with Crippen LogP contribution in [0.4, 0.5) is 5.69 Å². The summed E-state index contributed by atoms with van der Waals surface area (Å²) >= 11 is 0. The summed E-state index contributed by atoms with van der Waals surface area (Å²) in [5.41, 5.74) is 2.61. The van der Waals surface area contributed by atoms with Crippen molar-refractivity contribution in [1.29, 1.82) is 0 Å². The molecule has 0 fully saturated rings. The van der Waals surface area contributed by atoms with Crippen molar-refractivity contribution in [3.63, 3.8) is 0 Å². The second-order valence-electron chi connectivity index (χ2n) is 5.12. The van der Waals surface area contributed by atoms with Crippen molar-refractivity contribution in [3.8, 4) is 12.3 Å². The molecule has 2 aromatic rings. The summed E-state index contributed by atoms with van der Waals surface area (Å²) in [6.07, 6.45) is 6.65. The van der Waals surface area contributed by atoms with Crippen molar-refractivity contribution < 1.29 is 9.59 Å². The van der Waals surface area contributed by atoms with Gasteiger partial charge in [0.1, 0.15) is 0 Å². The highest BCUT2D eigenvalue weighted by Crippen LogP contribution is 2.17. The molecule has 0 saturated heterocycles. The largest absolute Gasteiger partial charge is 0.341 e. The zero-order valence-electron chi connectivity index (χ0n) is 13.4. The normalized spacial score (nSPS) is 10.6. The molecular formula is C20H18N2O2. The number of para-hydroxylation sites is 1. The highest BCUT2D eigenvalue weighted by atomic mass is 16.2. The van der Waals surface area contributed by atoms with Crippen LogP contribution in [0.2, 0.25) is 0 Å². The molecule has 4 nitrogen and oxygen atoms in total. The van der Waals surface area contributed by atoms with Gasteiger partial charge in [-0.15, -0.1) is 6.42 Å². The molecule has 0 aliphatic carbocycles. The summed E-state index contributed by atoms with van der Waals surface area (Å²) in [6.45, 7) is 1.99. The average molecular weight is 318 g/mol. The Kier molecular flexibility index (Phi) is 5.93. The van der Waals surface area contributed by atoms with E-state index in [1.165, 1.54) is 6.08 Å². The molecule has 0 aromatic heterocycles. The molecule has 0 atom stereocenters. The Morgan fingerprint density at radius 2 is 1.75 bits per heavy atom. The lowest BCUT2D eigenvalue weighted by atomic mass is 10.1. The molecule has 0 aliphatic rings. The first-order valence-electron chi connectivity index (χ1n) is 7.47. The number of hydrogen-bond acceptors (Lipinski definition) is 2. The number of rotatable bonds is 5. The predicted molar refractivity (Wildman–Crippen MR) is 96.3 cm³/mol. The van der Waals surface area contributed by atoms with Gasteiger partial charge in [0, 0.05) is 6.08 Å². The fraction of sp³-hybridized carbons (Fsp3) is 0.100. The number of anilines is 1. The third-order valence-corrected chi connectivity index (χ3v) is 3.36. The lowest BCUT2D eigenvalue weighted by Gasteiger charge is -2.10. The third-order valence-electron chi connectivity index (χ3n) is 3.36. The maximum atomic E-state index is 12.2. The second kappa shape index (κ2) is 8.35. The second-order valence-corrected chi connectivity index (χ2v) is 5.12. The zero-order valence-corrected chi connectivity index (χ0v) is 13.4. The van der Waals surface area contributed by atoms with Gasteiger partial charge in [-0.3, -0.25) is 9.59 Å². The van der Waals surface area contributed by atoms with Crippen molar-refractivity contribution in [2.75, 3.05) is 11.9 Å². The molecule has 2 aromatic carbocycles. The first-order chi connectivity index (χ1) is 11.6. The van der Waals surface area contributed by atoms with Gasteiger partial charge in [0.05, 0.1) is 17.8 Å². The van der Waals surface area contributed by atoms with Crippen LogP contribution in [0.25, 0.3) is 5.57 Å². The van der Waals surface area contributed by atoms with Gasteiger partial charge in [0.15, 0.2) is 0 Å². The molecule has 2 amide bonds. The third kappa shape index (κ3) is 4.59. The zero-order chi connectivity index (χ0) is 17.4. The maximum Gasteiger partial charge on any atom is 0.254 e. The van der Waals surface area contributed by atoms with E-state index in [-0.39, 0.29) is 18.4 Å². The highest BCUT2D eigenvalue weighted by Gasteiger charge is 2.11. The summed E-state index contributed by atoms with van der Waals surface area (Å²) in [6, 6.07) is 16.4. The van der Waals surface area contributed by atoms with E-state index in [0.717, 1.165) is 11.1 Å². The molecule has 0 unspecified atom stereocenters. The van der Waals surface area contributed by atoms with Gasteiger partial charge < -0.3 is 10.6 Å². The van der Waals surface area contributed by atoms with E-state index in [1.807, 2.05) is 37.3 Å². The van der Waals surface area contributed by atoms with Crippen LogP contribution in [0, 0.1) is 12.3 Å². The van der Waals surface area contributed by atoms with Crippen LogP contribution in [0.3, 0.4) is 0 Å². The molecular weight excluding hydrogens is 300 g/mol. The summed E-state index contributed by atoms with van der Waals surface area (Å²) in [5.74, 6) is 1.72. The molecule has 0 saturated carbocycles. The molecule has 0 heterocycles. The molecule has 0 aliphatic heterocycles. The lowest BCUT2D eigenvalue weighted by molar-refractivity contribution is -0.111. The van der Waals surface area contributed by atoms with Crippen molar-refractivity contribution >= 4 is 23.1 Å². The number of hydrogen-bond donors (Lipinski definition) is 2. The van der Waals surface area contributed by atoms with Crippen LogP contribution in [0.1, 0.15) is 22.8 Å². The Morgan fingerprint density at radius 1 is 1.08 bits per heavy atom. The topological polar surface area (TPSA) is 58.2 Å². The SMILES string of the molecule is C#CCNC(=O)c1ccccc1NC(=O)/C=C(\C)c1ccccc1. The standard InChI is InChI=1S/C20H18N2O2/c1-3-13-21-20(24)17-11-7-8-12-18(17)22-19(23)14-15(2)16-9-5-4-6-10-16/h1,4-12,14H,13H2,2H3,(H,21,24)(H,22,23)/b15-14+. The van der Waals surface area contributed by atoms with Gasteiger partial charge in [-0.05, 0) is 30.2 Å². The van der Waals surface area contributed by atoms with E-state index >= 15 is 0 Å². The molecule has 0 radical (unpaired) electrons. The number of carbonyl (C=O) groups excluding carboxylic acids is 2. The number of allylic oxidation sites excluding steroid dienone is 1. The Labute approximate surface area is 141 Å². The molecule has 0 spiro atoms. The number of benzene rings is 2. The molecule has 120 valence electrons. The fourth-order valence-corrected chi connectivity index (χ4v) is 2.17. The Balaban J connectivity index is 2.15. The van der Waals surface area contributed by atoms with Crippen molar-refractivity contribution in [2.24, 2.45) is 0 Å². The molecule has 0 bridgehead atoms. The number of amides is 2. The summed E-state index contributed by atoms with van der Waals surface area (Å²) in [5, 5.41) is 5.33. The lowest BCUT2D eigenvalue weighted by Crippen LogP contribution is -2.25. The first-order valence-corrected chi connectivity index (χ1v) is 7.47. The van der Waals surface area contributed by atoms with Crippen molar-refractivity contribution in [2.45, 2.75) is 6.92 Å². The van der Waals surface area contributed by atoms with Crippen molar-refractivity contribution in [3.05, 3.63) is 71.8 Å². The van der Waals surface area contributed by atoms with Crippen LogP contribution >= 0.6 is 0 Å². The minimum Gasteiger partial charge on any atom is -0.341 e. The molecule has 24 heavy (non-hydrogen) atoms. The number of nitrogens with one attached hydrogen (secondary N) is 2. The Hall–Kier alpha value is -3.32. The van der Waals surface area contributed by atoms with Gasteiger partial charge in [-0.25, -0.2) is 0 Å². The first kappa shape index (κ1) is 17.0. The van der Waals surface area contributed by atoms with E-state index in [2.05, 4.69) is 16.6 Å². The highest BCUT2D eigenvalue weighted by molar-refractivity contribution is 6.08. The minimum atomic E-state index is -0.326. The fourth-order valence-electron chi connectivity index (χ4n) is 2.17. The Morgan fingerprint density at radius 3 is 2.46 bits per heavy atom. The molecule has 4 heteroatoms. The van der Waals surface area contributed by atoms with E-state index in [9.17, 15) is 9.59 Å². The van der Waals surface area contributed by atoms with Gasteiger partial charge in [0.25, 0.3) is 5.91 Å². The van der Waals surface area contributed by atoms with Gasteiger partial charge in [0.2, 0.25) is 5.91 Å². The summed E-state index contributed by atoms with van der Waals surface area (Å²) in [4.78, 5) is 24.3. The van der Waals surface area contributed by atoms with Gasteiger partial charge in [-0.2, -0.15) is 0 Å². The van der Waals surface area contributed by atoms with Crippen LogP contribution in [0.5, 0.6) is 0 Å². The van der Waals surface area contributed by atoms with E-state index in [1.54, 1.807) is 24.3 Å². The van der Waals surface area contributed by atoms with Crippen molar-refractivity contribution in [1.82, 2.24) is 5.32 Å². The van der Waals surface area contributed by atoms with Crippen LogP contribution in [-0.4, -0.2) is 18.4 Å². The maximum absolute atomic E-state index is 12.2. The average Bonchev–Trinajstić information content (AvgIpc) is 2.60. The predicted octanol–water partition coefficient (Wildman–Crippen LogP) is 3.09. The van der Waals surface area contributed by atoms with E-state index < -0.39 is 0 Å². The quantitative estimate of drug-likeness (QED) is 0.657. The minimum absolute atomic E-state index is 0.133. The summed E-state index contributed by atoms with van der Waals surface area (Å²) < 4.78 is 0. The monoisotopic (exact) mass is 318 g/mol. The van der Waals surface area contributed by atoms with Gasteiger partial charge >= 0.3 is 0 Å². The number of carbonyl (C=O) groups is 2. The van der Waals surface area contributed by atoms with E-state index in [4.69, 9.17) is 6.42 Å². The Bertz CT molecular complexity index is 802. The van der Waals surface area contributed by atoms with Crippen LogP contribution in [0.15, 0.2) is 60.7 Å². The molecule has 2 N–H and O–H groups in total.